The summed E-state index contributed by atoms with van der Waals surface area (Å²) in [5.74, 6) is 2.16. The molecule has 0 atom stereocenters. The second-order valence-electron chi connectivity index (χ2n) is 7.21. The number of allylic oxidation sites excluding steroid dienone is 3. The van der Waals surface area contributed by atoms with Gasteiger partial charge in [0.15, 0.2) is 0 Å². The van der Waals surface area contributed by atoms with Crippen LogP contribution in [-0.4, -0.2) is 20.9 Å². The zero-order valence-electron chi connectivity index (χ0n) is 16.4. The van der Waals surface area contributed by atoms with Crippen molar-refractivity contribution in [2.24, 2.45) is 0 Å². The van der Waals surface area contributed by atoms with E-state index in [0.717, 1.165) is 23.5 Å². The number of hydrogen-bond donors (Lipinski definition) is 0. The van der Waals surface area contributed by atoms with E-state index in [1.54, 1.807) is 0 Å². The van der Waals surface area contributed by atoms with E-state index < -0.39 is 28.1 Å². The molecule has 1 nitrogen and oxygen atoms in total. The summed E-state index contributed by atoms with van der Waals surface area (Å²) in [5.41, 5.74) is 1.43. The van der Waals surface area contributed by atoms with Crippen molar-refractivity contribution in [1.29, 1.82) is 0 Å². The van der Waals surface area contributed by atoms with Crippen LogP contribution in [0.1, 0.15) is 25.7 Å². The summed E-state index contributed by atoms with van der Waals surface area (Å²) in [7, 11) is -2.85. The maximum atomic E-state index is 14.6. The molecule has 3 aromatic rings. The van der Waals surface area contributed by atoms with E-state index in [0.29, 0.717) is 0 Å². The zero-order chi connectivity index (χ0) is 19.9. The first kappa shape index (κ1) is 20.4. The van der Waals surface area contributed by atoms with Crippen molar-refractivity contribution in [2.75, 3.05) is 0 Å². The van der Waals surface area contributed by atoms with E-state index in [-0.39, 0.29) is 0 Å². The van der Waals surface area contributed by atoms with Crippen LogP contribution in [-0.2, 0) is 4.57 Å². The summed E-state index contributed by atoms with van der Waals surface area (Å²) in [6, 6.07) is 30.7. The van der Waals surface area contributed by atoms with Crippen molar-refractivity contribution >= 4 is 42.3 Å². The predicted octanol–water partition coefficient (Wildman–Crippen LogP) is 5.37. The second kappa shape index (κ2) is 9.77. The molecular formula is C26H25OPTe. The molecule has 0 aromatic heterocycles. The van der Waals surface area contributed by atoms with Gasteiger partial charge in [0.25, 0.3) is 0 Å². The Morgan fingerprint density at radius 3 is 1.83 bits per heavy atom. The van der Waals surface area contributed by atoms with Gasteiger partial charge < -0.3 is 0 Å². The van der Waals surface area contributed by atoms with Gasteiger partial charge in [0.05, 0.1) is 0 Å². The van der Waals surface area contributed by atoms with Gasteiger partial charge in [-0.1, -0.05) is 0 Å². The maximum absolute atomic E-state index is 14.6. The monoisotopic (exact) mass is 514 g/mol. The minimum absolute atomic E-state index is 0.614. The van der Waals surface area contributed by atoms with E-state index >= 15 is 0 Å². The Hall–Kier alpha value is -1.84. The van der Waals surface area contributed by atoms with Gasteiger partial charge in [0, 0.05) is 0 Å². The molecule has 1 aliphatic rings. The van der Waals surface area contributed by atoms with Crippen LogP contribution in [0.15, 0.2) is 112 Å². The van der Waals surface area contributed by atoms with E-state index in [9.17, 15) is 4.57 Å². The van der Waals surface area contributed by atoms with Gasteiger partial charge in [0.1, 0.15) is 0 Å². The topological polar surface area (TPSA) is 17.1 Å². The molecule has 4 rings (SSSR count). The Bertz CT molecular complexity index is 996. The van der Waals surface area contributed by atoms with Gasteiger partial charge in [-0.05, 0) is 0 Å². The third-order valence-corrected chi connectivity index (χ3v) is 11.6. The Labute approximate surface area is 184 Å². The fourth-order valence-corrected chi connectivity index (χ4v) is 10.2. The van der Waals surface area contributed by atoms with Crippen LogP contribution in [0.5, 0.6) is 0 Å². The summed E-state index contributed by atoms with van der Waals surface area (Å²) in [5, 5.41) is 1.83. The Balaban J connectivity index is 1.86. The summed E-state index contributed by atoms with van der Waals surface area (Å²) in [6.45, 7) is 0. The second-order valence-corrected chi connectivity index (χ2v) is 13.0. The van der Waals surface area contributed by atoms with E-state index in [1.165, 1.54) is 25.6 Å². The standard InChI is InChI=1S/C26H25OPTe/c27-28(23-15-7-2-8-16-23,24-17-9-3-10-18-24)21-26(22-13-5-1-6-14-22)29-25-19-11-4-12-20-25/h2-4,7-13,15-21H,1,5-6,14H2/b26-21-. The summed E-state index contributed by atoms with van der Waals surface area (Å²) >= 11 is -0.614. The first-order valence-electron chi connectivity index (χ1n) is 10.1. The molecule has 0 N–H and O–H groups in total. The van der Waals surface area contributed by atoms with Crippen LogP contribution in [0, 0.1) is 0 Å². The molecule has 146 valence electrons. The fraction of sp³-hybridized carbons (Fsp3) is 0.154. The first-order chi connectivity index (χ1) is 14.3. The fourth-order valence-electron chi connectivity index (χ4n) is 3.61. The van der Waals surface area contributed by atoms with Crippen LogP contribution in [0.4, 0.5) is 0 Å². The molecule has 0 bridgehead atoms. The zero-order valence-corrected chi connectivity index (χ0v) is 19.6. The van der Waals surface area contributed by atoms with Gasteiger partial charge in [-0.2, -0.15) is 0 Å². The van der Waals surface area contributed by atoms with Crippen LogP contribution >= 0.6 is 7.14 Å². The SMILES string of the molecule is O=P(/C=C(\[Te]c1ccccc1)C1=CCCCC1)(c1ccccc1)c1ccccc1. The molecule has 1 aliphatic carbocycles. The van der Waals surface area contributed by atoms with Crippen molar-refractivity contribution in [3.63, 3.8) is 0 Å². The molecular weight excluding hydrogens is 487 g/mol. The van der Waals surface area contributed by atoms with Crippen molar-refractivity contribution < 1.29 is 4.57 Å². The average Bonchev–Trinajstić information content (AvgIpc) is 2.81. The molecule has 0 saturated heterocycles. The minimum atomic E-state index is -2.85. The molecule has 29 heavy (non-hydrogen) atoms. The summed E-state index contributed by atoms with van der Waals surface area (Å²) in [4.78, 5) is 0. The molecule has 3 aromatic carbocycles. The van der Waals surface area contributed by atoms with E-state index in [1.807, 2.05) is 60.7 Å². The average molecular weight is 512 g/mol. The van der Waals surface area contributed by atoms with Gasteiger partial charge in [-0.15, -0.1) is 0 Å². The number of rotatable bonds is 6. The third kappa shape index (κ3) is 5.02. The molecule has 0 unspecified atom stereocenters. The van der Waals surface area contributed by atoms with Gasteiger partial charge in [-0.25, -0.2) is 0 Å². The van der Waals surface area contributed by atoms with Crippen molar-refractivity contribution in [1.82, 2.24) is 0 Å². The van der Waals surface area contributed by atoms with Gasteiger partial charge in [0.2, 0.25) is 0 Å². The van der Waals surface area contributed by atoms with Crippen LogP contribution in [0.2, 0.25) is 0 Å². The predicted molar refractivity (Wildman–Crippen MR) is 126 cm³/mol. The normalized spacial score (nSPS) is 15.0. The third-order valence-electron chi connectivity index (χ3n) is 5.16. The summed E-state index contributed by atoms with van der Waals surface area (Å²) in [6.07, 6.45) is 7.12. The Morgan fingerprint density at radius 1 is 0.759 bits per heavy atom. The van der Waals surface area contributed by atoms with Crippen molar-refractivity contribution in [2.45, 2.75) is 25.7 Å². The van der Waals surface area contributed by atoms with Crippen LogP contribution in [0.3, 0.4) is 0 Å². The van der Waals surface area contributed by atoms with Crippen molar-refractivity contribution in [3.05, 3.63) is 112 Å². The van der Waals surface area contributed by atoms with Gasteiger partial charge >= 0.3 is 185 Å². The van der Waals surface area contributed by atoms with E-state index in [2.05, 4.69) is 42.2 Å². The number of benzene rings is 3. The molecule has 0 aliphatic heterocycles. The molecule has 0 spiro atoms. The molecule has 0 fully saturated rings. The Morgan fingerprint density at radius 2 is 1.31 bits per heavy atom. The number of hydrogen-bond acceptors (Lipinski definition) is 1. The van der Waals surface area contributed by atoms with Crippen LogP contribution < -0.4 is 14.2 Å². The molecule has 0 saturated carbocycles. The quantitative estimate of drug-likeness (QED) is 0.321. The van der Waals surface area contributed by atoms with E-state index in [4.69, 9.17) is 0 Å². The molecule has 0 amide bonds. The first-order valence-corrected chi connectivity index (χ1v) is 14.2. The molecule has 0 heterocycles. The molecule has 0 radical (unpaired) electrons. The van der Waals surface area contributed by atoms with Crippen molar-refractivity contribution in [3.8, 4) is 0 Å². The van der Waals surface area contributed by atoms with Gasteiger partial charge in [-0.3, -0.25) is 0 Å². The van der Waals surface area contributed by atoms with Crippen LogP contribution in [0.25, 0.3) is 0 Å². The molecule has 3 heteroatoms. The Kier molecular flexibility index (Phi) is 6.89. The summed E-state index contributed by atoms with van der Waals surface area (Å²) < 4.78 is 17.3.